The highest BCUT2D eigenvalue weighted by molar-refractivity contribution is 9.10. The maximum Gasteiger partial charge on any atom is 0.196 e. The molecule has 2 aromatic rings. The van der Waals surface area contributed by atoms with Crippen LogP contribution in [0.3, 0.4) is 0 Å². The van der Waals surface area contributed by atoms with E-state index in [4.69, 9.17) is 17.3 Å². The number of nitrogens with two attached hydrogens (primary N) is 1. The molecule has 0 saturated heterocycles. The van der Waals surface area contributed by atoms with Crippen molar-refractivity contribution in [3.8, 4) is 0 Å². The molecule has 0 radical (unpaired) electrons. The predicted molar refractivity (Wildman–Crippen MR) is 87.3 cm³/mol. The van der Waals surface area contributed by atoms with Gasteiger partial charge in [-0.05, 0) is 45.8 Å². The number of rotatable bonds is 2. The quantitative estimate of drug-likeness (QED) is 0.866. The van der Waals surface area contributed by atoms with Gasteiger partial charge in [0.15, 0.2) is 5.96 Å². The van der Waals surface area contributed by atoms with Crippen molar-refractivity contribution in [1.29, 1.82) is 0 Å². The van der Waals surface area contributed by atoms with Gasteiger partial charge >= 0.3 is 0 Å². The Kier molecular flexibility index (Phi) is 3.87. The van der Waals surface area contributed by atoms with Crippen molar-refractivity contribution in [3.05, 3.63) is 63.3 Å². The molecule has 1 unspecified atom stereocenters. The van der Waals surface area contributed by atoms with Crippen molar-refractivity contribution in [2.45, 2.75) is 6.04 Å². The molecule has 0 aromatic heterocycles. The summed E-state index contributed by atoms with van der Waals surface area (Å²) in [7, 11) is 0. The molecule has 2 aromatic carbocycles. The number of benzene rings is 2. The van der Waals surface area contributed by atoms with E-state index in [1.807, 2.05) is 29.2 Å². The number of aliphatic imine (C=N–C) groups is 1. The minimum absolute atomic E-state index is 0.142. The third-order valence-corrected chi connectivity index (χ3v) is 4.42. The fourth-order valence-electron chi connectivity index (χ4n) is 2.45. The van der Waals surface area contributed by atoms with E-state index in [0.717, 1.165) is 15.7 Å². The van der Waals surface area contributed by atoms with Crippen LogP contribution in [0, 0.1) is 5.82 Å². The summed E-state index contributed by atoms with van der Waals surface area (Å²) in [5.74, 6) is 0.0652. The van der Waals surface area contributed by atoms with Crippen LogP contribution in [0.1, 0.15) is 11.6 Å². The minimum atomic E-state index is -0.358. The number of guanidine groups is 1. The predicted octanol–water partition coefficient (Wildman–Crippen LogP) is 4.12. The van der Waals surface area contributed by atoms with Crippen LogP contribution < -0.4 is 10.6 Å². The van der Waals surface area contributed by atoms with E-state index in [1.54, 1.807) is 6.07 Å². The number of hydrogen-bond acceptors (Lipinski definition) is 3. The average molecular weight is 369 g/mol. The molecule has 0 spiro atoms. The highest BCUT2D eigenvalue weighted by Gasteiger charge is 2.31. The molecule has 1 heterocycles. The molecule has 1 aliphatic heterocycles. The second-order valence-corrected chi connectivity index (χ2v) is 5.96. The van der Waals surface area contributed by atoms with E-state index in [0.29, 0.717) is 17.5 Å². The Morgan fingerprint density at radius 3 is 2.76 bits per heavy atom. The van der Waals surface area contributed by atoms with Crippen LogP contribution in [0.15, 0.2) is 51.9 Å². The van der Waals surface area contributed by atoms with E-state index in [-0.39, 0.29) is 11.9 Å². The first-order valence-corrected chi connectivity index (χ1v) is 7.53. The van der Waals surface area contributed by atoms with E-state index < -0.39 is 0 Å². The SMILES string of the molecule is NC1=NCC(c2ccc(F)cc2Cl)N1c1ccccc1Br. The molecule has 1 atom stereocenters. The summed E-state index contributed by atoms with van der Waals surface area (Å²) in [6.07, 6.45) is 0. The number of halogens is 3. The summed E-state index contributed by atoms with van der Waals surface area (Å²) >= 11 is 9.70. The van der Waals surface area contributed by atoms with Gasteiger partial charge in [-0.3, -0.25) is 4.99 Å². The summed E-state index contributed by atoms with van der Waals surface area (Å²) in [5.41, 5.74) is 7.73. The molecule has 21 heavy (non-hydrogen) atoms. The second kappa shape index (κ2) is 5.66. The minimum Gasteiger partial charge on any atom is -0.369 e. The molecule has 2 N–H and O–H groups in total. The van der Waals surface area contributed by atoms with Crippen molar-refractivity contribution in [1.82, 2.24) is 0 Å². The maximum atomic E-state index is 13.2. The van der Waals surface area contributed by atoms with Crippen LogP contribution in [-0.2, 0) is 0 Å². The molecule has 0 bridgehead atoms. The summed E-state index contributed by atoms with van der Waals surface area (Å²) in [6, 6.07) is 12.0. The van der Waals surface area contributed by atoms with Gasteiger partial charge in [0.25, 0.3) is 0 Å². The van der Waals surface area contributed by atoms with Crippen molar-refractivity contribution < 1.29 is 4.39 Å². The smallest absolute Gasteiger partial charge is 0.196 e. The maximum absolute atomic E-state index is 13.2. The average Bonchev–Trinajstić information content (AvgIpc) is 2.81. The van der Waals surface area contributed by atoms with Crippen LogP contribution in [-0.4, -0.2) is 12.5 Å². The van der Waals surface area contributed by atoms with Crippen LogP contribution in [0.25, 0.3) is 0 Å². The normalized spacial score (nSPS) is 18.0. The highest BCUT2D eigenvalue weighted by atomic mass is 79.9. The van der Waals surface area contributed by atoms with Crippen LogP contribution in [0.2, 0.25) is 5.02 Å². The Morgan fingerprint density at radius 2 is 2.05 bits per heavy atom. The second-order valence-electron chi connectivity index (χ2n) is 4.70. The lowest BCUT2D eigenvalue weighted by molar-refractivity contribution is 0.625. The monoisotopic (exact) mass is 367 g/mol. The zero-order valence-electron chi connectivity index (χ0n) is 10.9. The summed E-state index contributed by atoms with van der Waals surface area (Å²) in [5, 5.41) is 0.377. The first-order valence-electron chi connectivity index (χ1n) is 6.36. The fraction of sp³-hybridized carbons (Fsp3) is 0.133. The third-order valence-electron chi connectivity index (χ3n) is 3.42. The third kappa shape index (κ3) is 2.63. The zero-order valence-corrected chi connectivity index (χ0v) is 13.3. The molecule has 0 saturated carbocycles. The van der Waals surface area contributed by atoms with Crippen molar-refractivity contribution >= 4 is 39.2 Å². The Bertz CT molecular complexity index is 720. The molecule has 3 nitrogen and oxygen atoms in total. The fourth-order valence-corrected chi connectivity index (χ4v) is 3.21. The van der Waals surface area contributed by atoms with E-state index in [9.17, 15) is 4.39 Å². The zero-order chi connectivity index (χ0) is 15.0. The van der Waals surface area contributed by atoms with Gasteiger partial charge in [0.2, 0.25) is 0 Å². The molecule has 6 heteroatoms. The van der Waals surface area contributed by atoms with Crippen molar-refractivity contribution in [2.24, 2.45) is 10.7 Å². The Balaban J connectivity index is 2.05. The van der Waals surface area contributed by atoms with E-state index >= 15 is 0 Å². The van der Waals surface area contributed by atoms with Gasteiger partial charge < -0.3 is 10.6 Å². The summed E-state index contributed by atoms with van der Waals surface area (Å²) in [4.78, 5) is 6.21. The molecular weight excluding hydrogens is 357 g/mol. The van der Waals surface area contributed by atoms with E-state index in [2.05, 4.69) is 20.9 Å². The molecular formula is C15H12BrClFN3. The van der Waals surface area contributed by atoms with Gasteiger partial charge in [-0.15, -0.1) is 0 Å². The lowest BCUT2D eigenvalue weighted by Gasteiger charge is -2.28. The molecule has 3 rings (SSSR count). The first-order chi connectivity index (χ1) is 10.1. The Morgan fingerprint density at radius 1 is 1.29 bits per heavy atom. The highest BCUT2D eigenvalue weighted by Crippen LogP contribution is 2.37. The van der Waals surface area contributed by atoms with Gasteiger partial charge in [-0.25, -0.2) is 4.39 Å². The largest absolute Gasteiger partial charge is 0.369 e. The molecule has 108 valence electrons. The topological polar surface area (TPSA) is 41.6 Å². The van der Waals surface area contributed by atoms with Crippen LogP contribution in [0.5, 0.6) is 0 Å². The van der Waals surface area contributed by atoms with Crippen LogP contribution >= 0.6 is 27.5 Å². The standard InChI is InChI=1S/C15H12BrClFN3/c16-11-3-1-2-4-13(11)21-14(8-20-15(21)19)10-6-5-9(18)7-12(10)17/h1-7,14H,8H2,(H2,19,20). The van der Waals surface area contributed by atoms with Crippen molar-refractivity contribution in [3.63, 3.8) is 0 Å². The number of para-hydroxylation sites is 1. The summed E-state index contributed by atoms with van der Waals surface area (Å²) < 4.78 is 14.1. The van der Waals surface area contributed by atoms with Crippen molar-refractivity contribution in [2.75, 3.05) is 11.4 Å². The first kappa shape index (κ1) is 14.4. The Hall–Kier alpha value is -1.59. The molecule has 1 aliphatic rings. The molecule has 0 amide bonds. The van der Waals surface area contributed by atoms with Gasteiger partial charge in [0.05, 0.1) is 18.3 Å². The lowest BCUT2D eigenvalue weighted by Crippen LogP contribution is -2.36. The summed E-state index contributed by atoms with van der Waals surface area (Å²) in [6.45, 7) is 0.485. The van der Waals surface area contributed by atoms with Gasteiger partial charge in [0, 0.05) is 9.50 Å². The molecule has 0 aliphatic carbocycles. The van der Waals surface area contributed by atoms with Crippen LogP contribution in [0.4, 0.5) is 10.1 Å². The lowest BCUT2D eigenvalue weighted by atomic mass is 10.1. The van der Waals surface area contributed by atoms with Gasteiger partial charge in [-0.1, -0.05) is 29.8 Å². The van der Waals surface area contributed by atoms with Gasteiger partial charge in [-0.2, -0.15) is 0 Å². The Labute approximate surface area is 135 Å². The molecule has 0 fully saturated rings. The number of hydrogen-bond donors (Lipinski definition) is 1. The van der Waals surface area contributed by atoms with E-state index in [1.165, 1.54) is 12.1 Å². The number of anilines is 1. The number of nitrogens with zero attached hydrogens (tertiary/aromatic N) is 2. The van der Waals surface area contributed by atoms with Gasteiger partial charge in [0.1, 0.15) is 5.82 Å².